The van der Waals surface area contributed by atoms with Crippen LogP contribution in [0, 0.1) is 0 Å². The van der Waals surface area contributed by atoms with Crippen molar-refractivity contribution in [2.45, 2.75) is 37.1 Å². The minimum absolute atomic E-state index is 0.0263. The number of thioether (sulfide) groups is 1. The summed E-state index contributed by atoms with van der Waals surface area (Å²) in [7, 11) is 0. The largest absolute Gasteiger partial charge is 0.326 e. The fourth-order valence-electron chi connectivity index (χ4n) is 1.69. The van der Waals surface area contributed by atoms with Crippen molar-refractivity contribution in [2.24, 2.45) is 0 Å². The van der Waals surface area contributed by atoms with Crippen molar-refractivity contribution in [1.29, 1.82) is 0 Å². The number of carbonyl (C=O) groups excluding carboxylic acids is 1. The SMILES string of the molecule is CC(=O)Nc1ccc(SCCCNC2CC2)cc1. The van der Waals surface area contributed by atoms with E-state index < -0.39 is 0 Å². The summed E-state index contributed by atoms with van der Waals surface area (Å²) < 4.78 is 0. The average Bonchev–Trinajstić information content (AvgIpc) is 3.14. The van der Waals surface area contributed by atoms with Gasteiger partial charge in [0.2, 0.25) is 5.91 Å². The Morgan fingerprint density at radius 1 is 1.33 bits per heavy atom. The molecule has 98 valence electrons. The van der Waals surface area contributed by atoms with Gasteiger partial charge in [-0.15, -0.1) is 11.8 Å². The van der Waals surface area contributed by atoms with E-state index in [-0.39, 0.29) is 5.91 Å². The smallest absolute Gasteiger partial charge is 0.221 e. The normalized spacial score (nSPS) is 14.5. The zero-order valence-corrected chi connectivity index (χ0v) is 11.6. The summed E-state index contributed by atoms with van der Waals surface area (Å²) in [5.41, 5.74) is 0.863. The number of anilines is 1. The predicted molar refractivity (Wildman–Crippen MR) is 77.1 cm³/mol. The van der Waals surface area contributed by atoms with Crippen LogP contribution in [-0.4, -0.2) is 24.2 Å². The first-order valence-corrected chi connectivity index (χ1v) is 7.46. The predicted octanol–water partition coefficient (Wildman–Crippen LogP) is 2.88. The van der Waals surface area contributed by atoms with E-state index in [0.717, 1.165) is 24.0 Å². The van der Waals surface area contributed by atoms with Gasteiger partial charge in [0.05, 0.1) is 0 Å². The van der Waals surface area contributed by atoms with Crippen LogP contribution in [0.15, 0.2) is 29.2 Å². The Labute approximate surface area is 113 Å². The Morgan fingerprint density at radius 3 is 2.67 bits per heavy atom. The molecule has 3 nitrogen and oxygen atoms in total. The lowest BCUT2D eigenvalue weighted by Crippen LogP contribution is -2.17. The second-order valence-electron chi connectivity index (χ2n) is 4.64. The molecule has 0 heterocycles. The number of nitrogens with one attached hydrogen (secondary N) is 2. The highest BCUT2D eigenvalue weighted by Gasteiger charge is 2.19. The molecule has 1 aliphatic carbocycles. The van der Waals surface area contributed by atoms with Crippen molar-refractivity contribution in [3.63, 3.8) is 0 Å². The van der Waals surface area contributed by atoms with Gasteiger partial charge in [0, 0.05) is 23.5 Å². The molecule has 0 aromatic heterocycles. The molecular formula is C14H20N2OS. The van der Waals surface area contributed by atoms with E-state index in [0.29, 0.717) is 0 Å². The van der Waals surface area contributed by atoms with E-state index >= 15 is 0 Å². The van der Waals surface area contributed by atoms with E-state index in [9.17, 15) is 4.79 Å². The lowest BCUT2D eigenvalue weighted by atomic mass is 10.3. The molecule has 1 aromatic carbocycles. The van der Waals surface area contributed by atoms with Gasteiger partial charge in [-0.2, -0.15) is 0 Å². The van der Waals surface area contributed by atoms with Gasteiger partial charge in [-0.1, -0.05) is 0 Å². The molecular weight excluding hydrogens is 244 g/mol. The van der Waals surface area contributed by atoms with Gasteiger partial charge >= 0.3 is 0 Å². The first kappa shape index (κ1) is 13.4. The molecule has 0 atom stereocenters. The zero-order valence-electron chi connectivity index (χ0n) is 10.7. The van der Waals surface area contributed by atoms with Crippen molar-refractivity contribution >= 4 is 23.4 Å². The first-order valence-electron chi connectivity index (χ1n) is 6.48. The van der Waals surface area contributed by atoms with Crippen LogP contribution in [-0.2, 0) is 4.79 Å². The van der Waals surface area contributed by atoms with Crippen molar-refractivity contribution in [3.8, 4) is 0 Å². The maximum atomic E-state index is 10.9. The van der Waals surface area contributed by atoms with Crippen molar-refractivity contribution in [1.82, 2.24) is 5.32 Å². The van der Waals surface area contributed by atoms with E-state index in [1.54, 1.807) is 0 Å². The molecule has 1 aromatic rings. The summed E-state index contributed by atoms with van der Waals surface area (Å²) in [6, 6.07) is 8.83. The molecule has 0 unspecified atom stereocenters. The lowest BCUT2D eigenvalue weighted by Gasteiger charge is -2.05. The highest BCUT2D eigenvalue weighted by Crippen LogP contribution is 2.21. The summed E-state index contributed by atoms with van der Waals surface area (Å²) in [5.74, 6) is 1.11. The van der Waals surface area contributed by atoms with Gasteiger partial charge in [-0.25, -0.2) is 0 Å². The first-order chi connectivity index (χ1) is 8.74. The van der Waals surface area contributed by atoms with Crippen LogP contribution in [0.1, 0.15) is 26.2 Å². The van der Waals surface area contributed by atoms with Crippen LogP contribution in [0.2, 0.25) is 0 Å². The van der Waals surface area contributed by atoms with Crippen LogP contribution in [0.3, 0.4) is 0 Å². The molecule has 2 rings (SSSR count). The summed E-state index contributed by atoms with van der Waals surface area (Å²) in [6.45, 7) is 2.65. The lowest BCUT2D eigenvalue weighted by molar-refractivity contribution is -0.114. The number of carbonyl (C=O) groups is 1. The van der Waals surface area contributed by atoms with E-state index in [2.05, 4.69) is 22.8 Å². The summed E-state index contributed by atoms with van der Waals surface area (Å²) >= 11 is 1.87. The van der Waals surface area contributed by atoms with E-state index in [1.807, 2.05) is 23.9 Å². The maximum Gasteiger partial charge on any atom is 0.221 e. The Bertz CT molecular complexity index is 387. The standard InChI is InChI=1S/C14H20N2OS/c1-11(17)16-13-5-7-14(8-6-13)18-10-2-9-15-12-3-4-12/h5-8,12,15H,2-4,9-10H2,1H3,(H,16,17). The van der Waals surface area contributed by atoms with Crippen LogP contribution in [0.4, 0.5) is 5.69 Å². The second-order valence-corrected chi connectivity index (χ2v) is 5.80. The van der Waals surface area contributed by atoms with Crippen LogP contribution < -0.4 is 10.6 Å². The fourth-order valence-corrected chi connectivity index (χ4v) is 2.55. The fraction of sp³-hybridized carbons (Fsp3) is 0.500. The van der Waals surface area contributed by atoms with Crippen LogP contribution >= 0.6 is 11.8 Å². The monoisotopic (exact) mass is 264 g/mol. The summed E-state index contributed by atoms with van der Waals surface area (Å²) in [4.78, 5) is 12.1. The van der Waals surface area contributed by atoms with Gasteiger partial charge < -0.3 is 10.6 Å². The third-order valence-corrected chi connectivity index (χ3v) is 3.87. The Morgan fingerprint density at radius 2 is 2.06 bits per heavy atom. The van der Waals surface area contributed by atoms with Gasteiger partial charge in [-0.3, -0.25) is 4.79 Å². The van der Waals surface area contributed by atoms with Gasteiger partial charge in [0.25, 0.3) is 0 Å². The molecule has 0 radical (unpaired) electrons. The Balaban J connectivity index is 1.63. The minimum atomic E-state index is -0.0263. The molecule has 0 saturated heterocycles. The topological polar surface area (TPSA) is 41.1 Å². The van der Waals surface area contributed by atoms with Crippen molar-refractivity contribution < 1.29 is 4.79 Å². The molecule has 4 heteroatoms. The summed E-state index contributed by atoms with van der Waals surface area (Å²) in [6.07, 6.45) is 3.92. The number of hydrogen-bond acceptors (Lipinski definition) is 3. The number of rotatable bonds is 7. The molecule has 2 N–H and O–H groups in total. The quantitative estimate of drug-likeness (QED) is 0.588. The molecule has 1 aliphatic rings. The molecule has 18 heavy (non-hydrogen) atoms. The highest BCUT2D eigenvalue weighted by atomic mass is 32.2. The van der Waals surface area contributed by atoms with Gasteiger partial charge in [0.15, 0.2) is 0 Å². The van der Waals surface area contributed by atoms with E-state index in [4.69, 9.17) is 0 Å². The Hall–Kier alpha value is -1.00. The van der Waals surface area contributed by atoms with Crippen LogP contribution in [0.5, 0.6) is 0 Å². The zero-order chi connectivity index (χ0) is 12.8. The number of benzene rings is 1. The van der Waals surface area contributed by atoms with Gasteiger partial charge in [0.1, 0.15) is 0 Å². The molecule has 0 aliphatic heterocycles. The molecule has 1 saturated carbocycles. The summed E-state index contributed by atoms with van der Waals surface area (Å²) in [5, 5.41) is 6.28. The third-order valence-electron chi connectivity index (χ3n) is 2.77. The Kier molecular flexibility index (Phi) is 5.08. The minimum Gasteiger partial charge on any atom is -0.326 e. The van der Waals surface area contributed by atoms with Crippen molar-refractivity contribution in [2.75, 3.05) is 17.6 Å². The molecule has 0 bridgehead atoms. The maximum absolute atomic E-state index is 10.9. The number of hydrogen-bond donors (Lipinski definition) is 2. The van der Waals surface area contributed by atoms with Gasteiger partial charge in [-0.05, 0) is 55.8 Å². The molecule has 1 fully saturated rings. The van der Waals surface area contributed by atoms with Crippen LogP contribution in [0.25, 0.3) is 0 Å². The molecule has 1 amide bonds. The average molecular weight is 264 g/mol. The third kappa shape index (κ3) is 5.10. The molecule has 0 spiro atoms. The highest BCUT2D eigenvalue weighted by molar-refractivity contribution is 7.99. The number of amides is 1. The van der Waals surface area contributed by atoms with Crippen molar-refractivity contribution in [3.05, 3.63) is 24.3 Å². The van der Waals surface area contributed by atoms with E-state index in [1.165, 1.54) is 31.1 Å². The second kappa shape index (κ2) is 6.81.